The van der Waals surface area contributed by atoms with Crippen molar-refractivity contribution >= 4 is 54.9 Å². The molecule has 0 atom stereocenters. The SMILES string of the molecule is O=S(=O)(c1cccc(SC(F)(F)C(F)(F)OC(F)(F)C(F)(F)S(=O)(=O)O)c1)c1ccc(Cl)cc1Cl. The summed E-state index contributed by atoms with van der Waals surface area (Å²) in [5, 5.41) is -12.9. The van der Waals surface area contributed by atoms with Crippen molar-refractivity contribution in [3.8, 4) is 0 Å². The van der Waals surface area contributed by atoms with Crippen LogP contribution in [-0.2, 0) is 24.7 Å². The number of rotatable bonds is 9. The van der Waals surface area contributed by atoms with Gasteiger partial charge in [-0.25, -0.2) is 13.2 Å². The molecule has 0 aliphatic rings. The van der Waals surface area contributed by atoms with Gasteiger partial charge in [0.25, 0.3) is 0 Å². The van der Waals surface area contributed by atoms with Gasteiger partial charge in [-0.2, -0.15) is 43.5 Å². The van der Waals surface area contributed by atoms with Gasteiger partial charge in [0.15, 0.2) is 0 Å². The van der Waals surface area contributed by atoms with E-state index >= 15 is 0 Å². The molecule has 0 spiro atoms. The van der Waals surface area contributed by atoms with Crippen molar-refractivity contribution in [2.75, 3.05) is 0 Å². The summed E-state index contributed by atoms with van der Waals surface area (Å²) in [5.74, 6) is 0. The molecule has 0 aliphatic heterocycles. The van der Waals surface area contributed by atoms with Crippen LogP contribution < -0.4 is 0 Å². The molecule has 196 valence electrons. The first-order valence-electron chi connectivity index (χ1n) is 8.23. The van der Waals surface area contributed by atoms with Crippen molar-refractivity contribution in [3.63, 3.8) is 0 Å². The maximum absolute atomic E-state index is 14.1. The molecule has 2 rings (SSSR count). The van der Waals surface area contributed by atoms with Crippen LogP contribution in [0.2, 0.25) is 10.0 Å². The Kier molecular flexibility index (Phi) is 8.10. The number of hydrogen-bond acceptors (Lipinski definition) is 6. The van der Waals surface area contributed by atoms with E-state index in [4.69, 9.17) is 27.8 Å². The molecule has 0 fully saturated rings. The Morgan fingerprint density at radius 1 is 0.829 bits per heavy atom. The van der Waals surface area contributed by atoms with Crippen LogP contribution in [0.3, 0.4) is 0 Å². The van der Waals surface area contributed by atoms with E-state index in [1.807, 2.05) is 0 Å². The van der Waals surface area contributed by atoms with E-state index < -0.39 is 69.1 Å². The largest absolute Gasteiger partial charge is 0.460 e. The number of halogens is 10. The monoisotopic (exact) mass is 614 g/mol. The fourth-order valence-electron chi connectivity index (χ4n) is 2.16. The lowest BCUT2D eigenvalue weighted by Crippen LogP contribution is -2.55. The third-order valence-electron chi connectivity index (χ3n) is 3.80. The fourth-order valence-corrected chi connectivity index (χ4v) is 5.44. The number of hydrogen-bond donors (Lipinski definition) is 1. The minimum atomic E-state index is -7.07. The molecule has 0 bridgehead atoms. The number of thioether (sulfide) groups is 1. The third-order valence-corrected chi connectivity index (χ3v) is 8.14. The Labute approximate surface area is 205 Å². The molecule has 2 aromatic rings. The minimum absolute atomic E-state index is 0.0384. The van der Waals surface area contributed by atoms with Crippen LogP contribution in [0, 0.1) is 0 Å². The highest BCUT2D eigenvalue weighted by molar-refractivity contribution is 8.00. The van der Waals surface area contributed by atoms with E-state index in [9.17, 15) is 52.0 Å². The summed E-state index contributed by atoms with van der Waals surface area (Å²) in [7, 11) is -11.6. The lowest BCUT2D eigenvalue weighted by molar-refractivity contribution is -0.441. The fraction of sp³-hybridized carbons (Fsp3) is 0.250. The zero-order chi connectivity index (χ0) is 27.3. The highest BCUT2D eigenvalue weighted by atomic mass is 35.5. The predicted octanol–water partition coefficient (Wildman–Crippen LogP) is 6.19. The molecule has 0 unspecified atom stereocenters. The van der Waals surface area contributed by atoms with Gasteiger partial charge in [0.1, 0.15) is 0 Å². The van der Waals surface area contributed by atoms with Gasteiger partial charge in [0, 0.05) is 9.92 Å². The smallest absolute Gasteiger partial charge is 0.281 e. The standard InChI is InChI=1S/C16H8Cl2F8O6S3/c17-8-4-5-12(11(18)6-8)34(27,28)10-3-1-2-9(7-10)33-15(23,24)13(19,20)32-14(21,22)16(25,26)35(29,30)31/h1-7H,(H,29,30,31). The lowest BCUT2D eigenvalue weighted by Gasteiger charge is -2.31. The molecular weight excluding hydrogens is 607 g/mol. The Morgan fingerprint density at radius 2 is 1.40 bits per heavy atom. The molecular formula is C16H8Cl2F8O6S3. The summed E-state index contributed by atoms with van der Waals surface area (Å²) in [6.45, 7) is 0. The van der Waals surface area contributed by atoms with Gasteiger partial charge in [-0.15, -0.1) is 0 Å². The van der Waals surface area contributed by atoms with Gasteiger partial charge >= 0.3 is 32.8 Å². The van der Waals surface area contributed by atoms with E-state index in [0.29, 0.717) is 12.1 Å². The molecule has 0 saturated carbocycles. The molecule has 0 aliphatic carbocycles. The van der Waals surface area contributed by atoms with Crippen molar-refractivity contribution < 1.29 is 61.2 Å². The maximum atomic E-state index is 14.1. The Bertz CT molecular complexity index is 1340. The Hall–Kier alpha value is -1.37. The third kappa shape index (κ3) is 5.97. The molecule has 0 radical (unpaired) electrons. The summed E-state index contributed by atoms with van der Waals surface area (Å²) in [6, 6.07) is 5.81. The van der Waals surface area contributed by atoms with Gasteiger partial charge in [-0.05, 0) is 48.2 Å². The second-order valence-corrected chi connectivity index (χ2v) is 11.7. The first-order chi connectivity index (χ1) is 15.6. The molecule has 2 aromatic carbocycles. The van der Waals surface area contributed by atoms with E-state index in [-0.39, 0.29) is 10.0 Å². The lowest BCUT2D eigenvalue weighted by atomic mass is 10.4. The van der Waals surface area contributed by atoms with Crippen molar-refractivity contribution in [3.05, 3.63) is 52.5 Å². The van der Waals surface area contributed by atoms with Gasteiger partial charge in [-0.1, -0.05) is 29.3 Å². The van der Waals surface area contributed by atoms with Crippen molar-refractivity contribution in [1.29, 1.82) is 0 Å². The van der Waals surface area contributed by atoms with Crippen molar-refractivity contribution in [2.24, 2.45) is 0 Å². The Morgan fingerprint density at radius 3 is 1.91 bits per heavy atom. The summed E-state index contributed by atoms with van der Waals surface area (Å²) >= 11 is 10.2. The van der Waals surface area contributed by atoms with Crippen LogP contribution in [0.1, 0.15) is 0 Å². The summed E-state index contributed by atoms with van der Waals surface area (Å²) < 4.78 is 165. The topological polar surface area (TPSA) is 97.7 Å². The molecule has 19 heteroatoms. The first-order valence-corrected chi connectivity index (χ1v) is 12.7. The van der Waals surface area contributed by atoms with E-state index in [1.54, 1.807) is 0 Å². The van der Waals surface area contributed by atoms with Crippen LogP contribution in [0.25, 0.3) is 0 Å². The van der Waals surface area contributed by atoms with Crippen molar-refractivity contribution in [2.45, 2.75) is 37.4 Å². The molecule has 35 heavy (non-hydrogen) atoms. The summed E-state index contributed by atoms with van der Waals surface area (Å²) in [5.41, 5.74) is 0. The molecule has 0 saturated heterocycles. The van der Waals surface area contributed by atoms with Crippen molar-refractivity contribution in [1.82, 2.24) is 0 Å². The second-order valence-electron chi connectivity index (χ2n) is 6.30. The predicted molar refractivity (Wildman–Crippen MR) is 107 cm³/mol. The average molecular weight is 615 g/mol. The zero-order valence-electron chi connectivity index (χ0n) is 16.0. The van der Waals surface area contributed by atoms with Gasteiger partial charge < -0.3 is 0 Å². The van der Waals surface area contributed by atoms with Crippen LogP contribution in [-0.4, -0.2) is 44.1 Å². The number of ether oxygens (including phenoxy) is 1. The number of benzene rings is 2. The summed E-state index contributed by atoms with van der Waals surface area (Å²) in [6.07, 6.45) is -13.3. The highest BCUT2D eigenvalue weighted by Gasteiger charge is 2.74. The van der Waals surface area contributed by atoms with Gasteiger partial charge in [0.2, 0.25) is 9.84 Å². The van der Waals surface area contributed by atoms with Crippen LogP contribution >= 0.6 is 35.0 Å². The van der Waals surface area contributed by atoms with Gasteiger partial charge in [0.05, 0.1) is 14.8 Å². The highest BCUT2D eigenvalue weighted by Crippen LogP contribution is 2.52. The maximum Gasteiger partial charge on any atom is 0.460 e. The first kappa shape index (κ1) is 29.9. The molecule has 0 amide bonds. The number of alkyl halides is 8. The molecule has 6 nitrogen and oxygen atoms in total. The van der Waals surface area contributed by atoms with Crippen LogP contribution in [0.15, 0.2) is 57.2 Å². The van der Waals surface area contributed by atoms with Crippen LogP contribution in [0.5, 0.6) is 0 Å². The van der Waals surface area contributed by atoms with Gasteiger partial charge in [-0.3, -0.25) is 4.55 Å². The van der Waals surface area contributed by atoms with E-state index in [1.165, 1.54) is 0 Å². The number of sulfone groups is 1. The zero-order valence-corrected chi connectivity index (χ0v) is 20.0. The molecule has 0 heterocycles. The molecule has 1 N–H and O–H groups in total. The second kappa shape index (κ2) is 9.50. The van der Waals surface area contributed by atoms with E-state index in [2.05, 4.69) is 4.74 Å². The average Bonchev–Trinajstić information content (AvgIpc) is 2.65. The minimum Gasteiger partial charge on any atom is -0.281 e. The van der Waals surface area contributed by atoms with Crippen LogP contribution in [0.4, 0.5) is 35.1 Å². The Balaban J connectivity index is 2.40. The quantitative estimate of drug-likeness (QED) is 0.204. The van der Waals surface area contributed by atoms with E-state index in [0.717, 1.165) is 30.3 Å². The molecule has 0 aromatic heterocycles. The normalized spacial score (nSPS) is 14.3. The summed E-state index contributed by atoms with van der Waals surface area (Å²) in [4.78, 5) is -2.32.